The maximum absolute atomic E-state index is 11.8. The van der Waals surface area contributed by atoms with E-state index in [2.05, 4.69) is 25.5 Å². The average molecular weight is 299 g/mol. The topological polar surface area (TPSA) is 73.1 Å². The van der Waals surface area contributed by atoms with Crippen molar-refractivity contribution in [2.75, 3.05) is 18.0 Å². The van der Waals surface area contributed by atoms with E-state index in [1.807, 2.05) is 24.3 Å². The van der Waals surface area contributed by atoms with Gasteiger partial charge in [-0.2, -0.15) is 0 Å². The van der Waals surface area contributed by atoms with E-state index in [1.54, 1.807) is 0 Å². The van der Waals surface area contributed by atoms with Crippen LogP contribution in [0.3, 0.4) is 0 Å². The predicted molar refractivity (Wildman–Crippen MR) is 86.0 cm³/mol. The summed E-state index contributed by atoms with van der Waals surface area (Å²) in [6.45, 7) is 1.82. The molecule has 1 aliphatic carbocycles. The molecule has 2 heterocycles. The first-order valence-electron chi connectivity index (χ1n) is 8.05. The fourth-order valence-electron chi connectivity index (χ4n) is 2.96. The van der Waals surface area contributed by atoms with Crippen molar-refractivity contribution < 1.29 is 4.79 Å². The van der Waals surface area contributed by atoms with Gasteiger partial charge in [-0.1, -0.05) is 12.1 Å². The quantitative estimate of drug-likeness (QED) is 0.811. The molecule has 116 valence electrons. The summed E-state index contributed by atoms with van der Waals surface area (Å²) in [4.78, 5) is 22.0. The van der Waals surface area contributed by atoms with Crippen LogP contribution in [0, 0.1) is 0 Å². The molecule has 0 unspecified atom stereocenters. The highest BCUT2D eigenvalue weighted by Gasteiger charge is 2.26. The summed E-state index contributed by atoms with van der Waals surface area (Å²) in [5, 5.41) is 6.06. The third kappa shape index (κ3) is 2.86. The van der Waals surface area contributed by atoms with Crippen LogP contribution >= 0.6 is 0 Å². The van der Waals surface area contributed by atoms with Gasteiger partial charge < -0.3 is 20.5 Å². The Labute approximate surface area is 129 Å². The standard InChI is InChI=1S/C16H21N5O/c22-16(17-11-5-6-11)18-12-7-9-21(10-8-12)15-19-13-3-1-2-4-14(13)20-15/h1-4,11-12H,5-10H2,(H,19,20)(H2,17,18,22). The lowest BCUT2D eigenvalue weighted by Crippen LogP contribution is -2.48. The highest BCUT2D eigenvalue weighted by Crippen LogP contribution is 2.21. The van der Waals surface area contributed by atoms with Crippen molar-refractivity contribution in [3.05, 3.63) is 24.3 Å². The molecule has 1 saturated carbocycles. The Bertz CT molecular complexity index is 637. The van der Waals surface area contributed by atoms with Crippen LogP contribution in [0.4, 0.5) is 10.7 Å². The average Bonchev–Trinajstić information content (AvgIpc) is 3.23. The number of carbonyl (C=O) groups excluding carboxylic acids is 1. The Morgan fingerprint density at radius 1 is 1.09 bits per heavy atom. The molecule has 1 aromatic heterocycles. The Morgan fingerprint density at radius 2 is 1.77 bits per heavy atom. The molecule has 6 nitrogen and oxygen atoms in total. The molecule has 0 radical (unpaired) electrons. The van der Waals surface area contributed by atoms with Crippen LogP contribution in [-0.4, -0.2) is 41.2 Å². The number of carbonyl (C=O) groups is 1. The van der Waals surface area contributed by atoms with Gasteiger partial charge in [0.25, 0.3) is 0 Å². The number of hydrogen-bond donors (Lipinski definition) is 3. The number of hydrogen-bond acceptors (Lipinski definition) is 3. The van der Waals surface area contributed by atoms with Crippen molar-refractivity contribution in [1.82, 2.24) is 20.6 Å². The van der Waals surface area contributed by atoms with Gasteiger partial charge in [-0.3, -0.25) is 0 Å². The molecule has 2 aliphatic rings. The van der Waals surface area contributed by atoms with Crippen molar-refractivity contribution in [2.24, 2.45) is 0 Å². The van der Waals surface area contributed by atoms with Gasteiger partial charge in [0.1, 0.15) is 0 Å². The summed E-state index contributed by atoms with van der Waals surface area (Å²) in [7, 11) is 0. The smallest absolute Gasteiger partial charge is 0.315 e. The molecular formula is C16H21N5O. The molecule has 2 aromatic rings. The number of imidazole rings is 1. The molecule has 6 heteroatoms. The van der Waals surface area contributed by atoms with E-state index in [-0.39, 0.29) is 12.1 Å². The first kappa shape index (κ1) is 13.4. The van der Waals surface area contributed by atoms with Gasteiger partial charge in [-0.25, -0.2) is 9.78 Å². The number of aromatic amines is 1. The fourth-order valence-corrected chi connectivity index (χ4v) is 2.96. The number of fused-ring (bicyclic) bond motifs is 1. The summed E-state index contributed by atoms with van der Waals surface area (Å²) < 4.78 is 0. The fraction of sp³-hybridized carbons (Fsp3) is 0.500. The summed E-state index contributed by atoms with van der Waals surface area (Å²) in [6, 6.07) is 8.74. The van der Waals surface area contributed by atoms with Crippen LogP contribution in [0.1, 0.15) is 25.7 Å². The van der Waals surface area contributed by atoms with E-state index in [1.165, 1.54) is 0 Å². The van der Waals surface area contributed by atoms with Crippen molar-refractivity contribution in [1.29, 1.82) is 0 Å². The summed E-state index contributed by atoms with van der Waals surface area (Å²) in [6.07, 6.45) is 4.15. The molecule has 4 rings (SSSR count). The zero-order valence-electron chi connectivity index (χ0n) is 12.5. The van der Waals surface area contributed by atoms with E-state index in [9.17, 15) is 4.79 Å². The van der Waals surface area contributed by atoms with Crippen LogP contribution in [0.15, 0.2) is 24.3 Å². The first-order valence-corrected chi connectivity index (χ1v) is 8.05. The second-order valence-electron chi connectivity index (χ2n) is 6.23. The van der Waals surface area contributed by atoms with Crippen molar-refractivity contribution >= 4 is 23.0 Å². The monoisotopic (exact) mass is 299 g/mol. The molecule has 2 amide bonds. The number of benzene rings is 1. The highest BCUT2D eigenvalue weighted by atomic mass is 16.2. The minimum absolute atomic E-state index is 0.00955. The highest BCUT2D eigenvalue weighted by molar-refractivity contribution is 5.77. The van der Waals surface area contributed by atoms with Gasteiger partial charge in [0.2, 0.25) is 5.95 Å². The molecule has 1 aromatic carbocycles. The molecule has 2 fully saturated rings. The number of nitrogens with one attached hydrogen (secondary N) is 3. The van der Waals surface area contributed by atoms with Crippen LogP contribution in [-0.2, 0) is 0 Å². The zero-order valence-corrected chi connectivity index (χ0v) is 12.5. The van der Waals surface area contributed by atoms with E-state index < -0.39 is 0 Å². The maximum Gasteiger partial charge on any atom is 0.315 e. The second-order valence-corrected chi connectivity index (χ2v) is 6.23. The van der Waals surface area contributed by atoms with Gasteiger partial charge in [-0.15, -0.1) is 0 Å². The van der Waals surface area contributed by atoms with Gasteiger partial charge in [0.15, 0.2) is 0 Å². The summed E-state index contributed by atoms with van der Waals surface area (Å²) in [5.41, 5.74) is 2.07. The largest absolute Gasteiger partial charge is 0.342 e. The molecule has 0 atom stereocenters. The van der Waals surface area contributed by atoms with Crippen LogP contribution < -0.4 is 15.5 Å². The van der Waals surface area contributed by atoms with E-state index >= 15 is 0 Å². The number of urea groups is 1. The number of nitrogens with zero attached hydrogens (tertiary/aromatic N) is 2. The Kier molecular flexibility index (Phi) is 3.36. The molecule has 1 aliphatic heterocycles. The van der Waals surface area contributed by atoms with E-state index in [0.717, 1.165) is 55.8 Å². The normalized spacial score (nSPS) is 19.4. The van der Waals surface area contributed by atoms with Crippen LogP contribution in [0.5, 0.6) is 0 Å². The summed E-state index contributed by atoms with van der Waals surface area (Å²) >= 11 is 0. The molecule has 22 heavy (non-hydrogen) atoms. The third-order valence-corrected chi connectivity index (χ3v) is 4.42. The molecule has 1 saturated heterocycles. The van der Waals surface area contributed by atoms with Gasteiger partial charge in [-0.05, 0) is 37.8 Å². The molecule has 0 bridgehead atoms. The Morgan fingerprint density at radius 3 is 2.45 bits per heavy atom. The SMILES string of the molecule is O=C(NC1CC1)NC1CCN(c2nc3ccccc3[nH]2)CC1. The van der Waals surface area contributed by atoms with Crippen molar-refractivity contribution in [3.63, 3.8) is 0 Å². The predicted octanol–water partition coefficient (Wildman–Crippen LogP) is 1.99. The Balaban J connectivity index is 1.33. The number of H-pyrrole nitrogens is 1. The van der Waals surface area contributed by atoms with E-state index in [4.69, 9.17) is 0 Å². The number of para-hydroxylation sites is 2. The lowest BCUT2D eigenvalue weighted by Gasteiger charge is -2.32. The number of amides is 2. The van der Waals surface area contributed by atoms with Gasteiger partial charge >= 0.3 is 6.03 Å². The van der Waals surface area contributed by atoms with Gasteiger partial charge in [0, 0.05) is 25.2 Å². The van der Waals surface area contributed by atoms with Gasteiger partial charge in [0.05, 0.1) is 11.0 Å². The first-order chi connectivity index (χ1) is 10.8. The third-order valence-electron chi connectivity index (χ3n) is 4.42. The van der Waals surface area contributed by atoms with Crippen molar-refractivity contribution in [2.45, 2.75) is 37.8 Å². The number of piperidine rings is 1. The Hall–Kier alpha value is -2.24. The number of anilines is 1. The lowest BCUT2D eigenvalue weighted by atomic mass is 10.1. The molecular weight excluding hydrogens is 278 g/mol. The lowest BCUT2D eigenvalue weighted by molar-refractivity contribution is 0.234. The molecule has 0 spiro atoms. The van der Waals surface area contributed by atoms with Crippen LogP contribution in [0.2, 0.25) is 0 Å². The van der Waals surface area contributed by atoms with Crippen LogP contribution in [0.25, 0.3) is 11.0 Å². The zero-order chi connectivity index (χ0) is 14.9. The maximum atomic E-state index is 11.8. The minimum Gasteiger partial charge on any atom is -0.342 e. The summed E-state index contributed by atoms with van der Waals surface area (Å²) in [5.74, 6) is 0.932. The molecule has 3 N–H and O–H groups in total. The van der Waals surface area contributed by atoms with Crippen molar-refractivity contribution in [3.8, 4) is 0 Å². The number of aromatic nitrogens is 2. The minimum atomic E-state index is -0.00955. The second kappa shape index (κ2) is 5.51. The number of rotatable bonds is 3. The van der Waals surface area contributed by atoms with E-state index in [0.29, 0.717) is 6.04 Å².